The summed E-state index contributed by atoms with van der Waals surface area (Å²) in [7, 11) is 0. The number of hydrogen-bond acceptors (Lipinski definition) is 3. The quantitative estimate of drug-likeness (QED) is 0.850. The number of carbonyl (C=O) groups excluding carboxylic acids is 1. The molecule has 0 radical (unpaired) electrons. The van der Waals surface area contributed by atoms with Crippen molar-refractivity contribution in [2.24, 2.45) is 0 Å². The van der Waals surface area contributed by atoms with Gasteiger partial charge in [0, 0.05) is 18.9 Å². The normalized spacial score (nSPS) is 20.5. The fraction of sp³-hybridized carbons (Fsp3) is 0.556. The molecular formula is C18H25N3O. The fourth-order valence-corrected chi connectivity index (χ4v) is 3.43. The predicted octanol–water partition coefficient (Wildman–Crippen LogP) is 2.84. The van der Waals surface area contributed by atoms with Crippen LogP contribution in [0.25, 0.3) is 0 Å². The van der Waals surface area contributed by atoms with E-state index >= 15 is 0 Å². The van der Waals surface area contributed by atoms with E-state index < -0.39 is 0 Å². The monoisotopic (exact) mass is 299 g/mol. The molecule has 1 aliphatic carbocycles. The number of carbonyl (C=O) groups is 1. The van der Waals surface area contributed by atoms with E-state index in [4.69, 9.17) is 0 Å². The van der Waals surface area contributed by atoms with Crippen molar-refractivity contribution in [3.8, 4) is 0 Å². The molecule has 4 nitrogen and oxygen atoms in total. The van der Waals surface area contributed by atoms with Crippen LogP contribution >= 0.6 is 0 Å². The Bertz CT molecular complexity index is 520. The number of aromatic nitrogens is 1. The molecule has 2 aliphatic rings. The Kier molecular flexibility index (Phi) is 5.22. The molecule has 1 N–H and O–H groups in total. The van der Waals surface area contributed by atoms with Gasteiger partial charge >= 0.3 is 0 Å². The molecule has 0 spiro atoms. The van der Waals surface area contributed by atoms with Gasteiger partial charge in [-0.05, 0) is 63.2 Å². The number of nitrogens with one attached hydrogen (secondary N) is 1. The van der Waals surface area contributed by atoms with Crippen LogP contribution in [0.1, 0.15) is 50.1 Å². The van der Waals surface area contributed by atoms with Gasteiger partial charge < -0.3 is 5.32 Å². The highest BCUT2D eigenvalue weighted by atomic mass is 16.2. The van der Waals surface area contributed by atoms with E-state index in [-0.39, 0.29) is 11.9 Å². The van der Waals surface area contributed by atoms with E-state index in [2.05, 4.69) is 21.3 Å². The zero-order valence-electron chi connectivity index (χ0n) is 13.1. The van der Waals surface area contributed by atoms with Crippen LogP contribution < -0.4 is 5.32 Å². The standard InChI is InChI=1S/C18H25N3O/c22-18(20-13-15-7-2-1-3-8-15)17(21-11-4-5-12-21)16-9-6-10-19-14-16/h6-7,9-10,14,17H,1-5,8,11-13H2,(H,20,22)/t17-/m0/s1. The van der Waals surface area contributed by atoms with Gasteiger partial charge in [-0.1, -0.05) is 17.7 Å². The van der Waals surface area contributed by atoms with Gasteiger partial charge in [-0.15, -0.1) is 0 Å². The van der Waals surface area contributed by atoms with Gasteiger partial charge in [-0.25, -0.2) is 0 Å². The number of nitrogens with zero attached hydrogens (tertiary/aromatic N) is 2. The number of amides is 1. The van der Waals surface area contributed by atoms with Gasteiger partial charge in [0.1, 0.15) is 6.04 Å². The van der Waals surface area contributed by atoms with E-state index in [0.717, 1.165) is 31.5 Å². The van der Waals surface area contributed by atoms with Crippen LogP contribution in [0.2, 0.25) is 0 Å². The molecule has 22 heavy (non-hydrogen) atoms. The SMILES string of the molecule is O=C(NCC1=CCCCC1)[C@H](c1cccnc1)N1CCCC1. The average Bonchev–Trinajstić information content (AvgIpc) is 3.09. The largest absolute Gasteiger partial charge is 0.351 e. The molecule has 0 bridgehead atoms. The highest BCUT2D eigenvalue weighted by Gasteiger charge is 2.29. The third-order valence-corrected chi connectivity index (χ3v) is 4.63. The van der Waals surface area contributed by atoms with Crippen molar-refractivity contribution in [3.05, 3.63) is 41.7 Å². The summed E-state index contributed by atoms with van der Waals surface area (Å²) >= 11 is 0. The van der Waals surface area contributed by atoms with Gasteiger partial charge in [0.2, 0.25) is 5.91 Å². The minimum atomic E-state index is -0.194. The van der Waals surface area contributed by atoms with E-state index in [1.807, 2.05) is 18.3 Å². The molecule has 1 aromatic rings. The molecule has 3 rings (SSSR count). The van der Waals surface area contributed by atoms with Crippen molar-refractivity contribution in [3.63, 3.8) is 0 Å². The van der Waals surface area contributed by atoms with Crippen LogP contribution in [0.5, 0.6) is 0 Å². The molecule has 0 saturated carbocycles. The summed E-state index contributed by atoms with van der Waals surface area (Å²) in [5, 5.41) is 3.15. The molecule has 1 fully saturated rings. The minimum absolute atomic E-state index is 0.112. The van der Waals surface area contributed by atoms with Crippen molar-refractivity contribution < 1.29 is 4.79 Å². The van der Waals surface area contributed by atoms with E-state index in [1.165, 1.54) is 31.3 Å². The topological polar surface area (TPSA) is 45.2 Å². The molecule has 1 atom stereocenters. The van der Waals surface area contributed by atoms with E-state index in [1.54, 1.807) is 6.20 Å². The second-order valence-corrected chi connectivity index (χ2v) is 6.26. The Morgan fingerprint density at radius 1 is 1.27 bits per heavy atom. The lowest BCUT2D eigenvalue weighted by molar-refractivity contribution is -0.126. The predicted molar refractivity (Wildman–Crippen MR) is 87.3 cm³/mol. The number of rotatable bonds is 5. The van der Waals surface area contributed by atoms with Gasteiger partial charge in [0.05, 0.1) is 0 Å². The Labute approximate surface area is 132 Å². The van der Waals surface area contributed by atoms with Crippen molar-refractivity contribution >= 4 is 5.91 Å². The summed E-state index contributed by atoms with van der Waals surface area (Å²) in [4.78, 5) is 19.2. The van der Waals surface area contributed by atoms with Crippen LogP contribution in [-0.2, 0) is 4.79 Å². The van der Waals surface area contributed by atoms with Crippen molar-refractivity contribution in [1.29, 1.82) is 0 Å². The molecule has 0 unspecified atom stereocenters. The summed E-state index contributed by atoms with van der Waals surface area (Å²) in [6, 6.07) is 3.73. The van der Waals surface area contributed by atoms with Gasteiger partial charge in [-0.3, -0.25) is 14.7 Å². The zero-order chi connectivity index (χ0) is 15.2. The van der Waals surface area contributed by atoms with Crippen LogP contribution in [0.4, 0.5) is 0 Å². The molecule has 4 heteroatoms. The van der Waals surface area contributed by atoms with E-state index in [9.17, 15) is 4.79 Å². The third-order valence-electron chi connectivity index (χ3n) is 4.63. The Morgan fingerprint density at radius 2 is 2.14 bits per heavy atom. The van der Waals surface area contributed by atoms with Crippen molar-refractivity contribution in [1.82, 2.24) is 15.2 Å². The average molecular weight is 299 g/mol. The minimum Gasteiger partial charge on any atom is -0.351 e. The summed E-state index contributed by atoms with van der Waals surface area (Å²) in [5.41, 5.74) is 2.38. The lowest BCUT2D eigenvalue weighted by atomic mass is 9.99. The maximum atomic E-state index is 12.8. The number of allylic oxidation sites excluding steroid dienone is 1. The number of hydrogen-bond donors (Lipinski definition) is 1. The first-order valence-electron chi connectivity index (χ1n) is 8.44. The fourth-order valence-electron chi connectivity index (χ4n) is 3.43. The molecule has 1 amide bonds. The lowest BCUT2D eigenvalue weighted by Gasteiger charge is -2.27. The maximum absolute atomic E-state index is 12.8. The number of pyridine rings is 1. The molecule has 1 aromatic heterocycles. The van der Waals surface area contributed by atoms with Crippen LogP contribution in [0.15, 0.2) is 36.2 Å². The van der Waals surface area contributed by atoms with Crippen LogP contribution in [-0.4, -0.2) is 35.4 Å². The molecule has 2 heterocycles. The Balaban J connectivity index is 1.68. The molecule has 1 saturated heterocycles. The summed E-state index contributed by atoms with van der Waals surface area (Å²) in [6.45, 7) is 2.69. The van der Waals surface area contributed by atoms with Gasteiger partial charge in [-0.2, -0.15) is 0 Å². The van der Waals surface area contributed by atoms with Crippen LogP contribution in [0, 0.1) is 0 Å². The highest BCUT2D eigenvalue weighted by Crippen LogP contribution is 2.25. The first-order valence-corrected chi connectivity index (χ1v) is 8.44. The Morgan fingerprint density at radius 3 is 2.82 bits per heavy atom. The lowest BCUT2D eigenvalue weighted by Crippen LogP contribution is -2.40. The summed E-state index contributed by atoms with van der Waals surface area (Å²) in [5.74, 6) is 0.112. The van der Waals surface area contributed by atoms with Gasteiger partial charge in [0.25, 0.3) is 0 Å². The summed E-state index contributed by atoms with van der Waals surface area (Å²) in [6.07, 6.45) is 13.0. The highest BCUT2D eigenvalue weighted by molar-refractivity contribution is 5.83. The third kappa shape index (κ3) is 3.74. The van der Waals surface area contributed by atoms with Crippen molar-refractivity contribution in [2.45, 2.75) is 44.6 Å². The molecule has 1 aliphatic heterocycles. The first-order chi connectivity index (χ1) is 10.8. The second kappa shape index (κ2) is 7.54. The second-order valence-electron chi connectivity index (χ2n) is 6.26. The van der Waals surface area contributed by atoms with Gasteiger partial charge in [0.15, 0.2) is 0 Å². The smallest absolute Gasteiger partial charge is 0.242 e. The summed E-state index contributed by atoms with van der Waals surface area (Å²) < 4.78 is 0. The zero-order valence-corrected chi connectivity index (χ0v) is 13.1. The molecule has 118 valence electrons. The first kappa shape index (κ1) is 15.2. The molecular weight excluding hydrogens is 274 g/mol. The van der Waals surface area contributed by atoms with Crippen LogP contribution in [0.3, 0.4) is 0 Å². The Hall–Kier alpha value is -1.68. The number of likely N-dealkylation sites (tertiary alicyclic amines) is 1. The van der Waals surface area contributed by atoms with Crippen molar-refractivity contribution in [2.75, 3.05) is 19.6 Å². The van der Waals surface area contributed by atoms with E-state index in [0.29, 0.717) is 6.54 Å². The maximum Gasteiger partial charge on any atom is 0.242 e. The molecule has 0 aromatic carbocycles.